The molecule has 32 heavy (non-hydrogen) atoms. The number of nitrogens with zero attached hydrogens (tertiary/aromatic N) is 4. The summed E-state index contributed by atoms with van der Waals surface area (Å²) in [6, 6.07) is 12.3. The number of halogens is 1. The number of fused-ring (bicyclic) bond motifs is 2. The number of methoxy groups -OCH3 is 1. The van der Waals surface area contributed by atoms with Gasteiger partial charge in [0.15, 0.2) is 5.82 Å². The fourth-order valence-corrected chi connectivity index (χ4v) is 4.41. The highest BCUT2D eigenvalue weighted by Gasteiger charge is 2.41. The van der Waals surface area contributed by atoms with E-state index in [9.17, 15) is 9.50 Å². The van der Waals surface area contributed by atoms with Crippen LogP contribution in [0, 0.1) is 0 Å². The van der Waals surface area contributed by atoms with Gasteiger partial charge in [-0.2, -0.15) is 0 Å². The summed E-state index contributed by atoms with van der Waals surface area (Å²) in [6.45, 7) is 0. The normalized spacial score (nSPS) is 23.8. The Labute approximate surface area is 185 Å². The lowest BCUT2D eigenvalue weighted by atomic mass is 9.95. The van der Waals surface area contributed by atoms with Crippen molar-refractivity contribution in [3.8, 4) is 34.0 Å². The van der Waals surface area contributed by atoms with Gasteiger partial charge in [-0.3, -0.25) is 0 Å². The Kier molecular flexibility index (Phi) is 5.22. The van der Waals surface area contributed by atoms with Gasteiger partial charge in [0.25, 0.3) is 0 Å². The van der Waals surface area contributed by atoms with Crippen molar-refractivity contribution in [2.45, 2.75) is 30.7 Å². The summed E-state index contributed by atoms with van der Waals surface area (Å²) in [4.78, 5) is 5.96. The summed E-state index contributed by atoms with van der Waals surface area (Å²) in [5.74, 6) is 1.20. The molecule has 0 spiro atoms. The second-order valence-electron chi connectivity index (χ2n) is 8.14. The molecule has 2 aliphatic rings. The Bertz CT molecular complexity index is 1150. The van der Waals surface area contributed by atoms with Crippen molar-refractivity contribution in [2.24, 2.45) is 0 Å². The SMILES string of the molecule is COc1cc(-c2ccc(-c3ccc(N(C)[C@@H]4CC5C=CC(N5)[C@@H]4F)nn3)c(O)c2)ccn1. The van der Waals surface area contributed by atoms with Crippen molar-refractivity contribution < 1.29 is 14.2 Å². The molecule has 1 aromatic carbocycles. The van der Waals surface area contributed by atoms with Crippen LogP contribution in [0.1, 0.15) is 6.42 Å². The van der Waals surface area contributed by atoms with Crippen LogP contribution in [0.25, 0.3) is 22.4 Å². The van der Waals surface area contributed by atoms with Crippen LogP contribution in [-0.4, -0.2) is 58.7 Å². The topological polar surface area (TPSA) is 83.4 Å². The van der Waals surface area contributed by atoms with Gasteiger partial charge >= 0.3 is 0 Å². The Balaban J connectivity index is 1.36. The molecular weight excluding hydrogens is 409 g/mol. The third kappa shape index (κ3) is 3.67. The molecule has 1 saturated heterocycles. The van der Waals surface area contributed by atoms with Crippen LogP contribution in [-0.2, 0) is 0 Å². The number of phenolic OH excluding ortho intramolecular Hbond substituents is 1. The lowest BCUT2D eigenvalue weighted by Crippen LogP contribution is -2.56. The zero-order valence-electron chi connectivity index (χ0n) is 17.8. The van der Waals surface area contributed by atoms with E-state index in [1.165, 1.54) is 0 Å². The second kappa shape index (κ2) is 8.20. The molecule has 5 rings (SSSR count). The molecule has 8 heteroatoms. The highest BCUT2D eigenvalue weighted by atomic mass is 19.1. The van der Waals surface area contributed by atoms with Gasteiger partial charge in [-0.05, 0) is 47.9 Å². The Hall–Kier alpha value is -3.52. The first kappa shape index (κ1) is 20.4. The van der Waals surface area contributed by atoms with Gasteiger partial charge in [0, 0.05) is 30.9 Å². The second-order valence-corrected chi connectivity index (χ2v) is 8.14. The fourth-order valence-electron chi connectivity index (χ4n) is 4.41. The maximum absolute atomic E-state index is 14.8. The lowest BCUT2D eigenvalue weighted by Gasteiger charge is -2.38. The molecule has 3 aromatic rings. The van der Waals surface area contributed by atoms with Crippen LogP contribution in [0.4, 0.5) is 10.2 Å². The van der Waals surface area contributed by atoms with Gasteiger partial charge in [-0.1, -0.05) is 18.2 Å². The quantitative estimate of drug-likeness (QED) is 0.597. The molecule has 2 aliphatic heterocycles. The van der Waals surface area contributed by atoms with E-state index >= 15 is 0 Å². The minimum Gasteiger partial charge on any atom is -0.507 e. The minimum atomic E-state index is -1.01. The number of piperidine rings is 1. The van der Waals surface area contributed by atoms with E-state index in [1.807, 2.05) is 42.3 Å². The largest absolute Gasteiger partial charge is 0.507 e. The molecule has 7 nitrogen and oxygen atoms in total. The summed E-state index contributed by atoms with van der Waals surface area (Å²) in [6.07, 6.45) is 5.27. The minimum absolute atomic E-state index is 0.0958. The van der Waals surface area contributed by atoms with E-state index in [0.29, 0.717) is 29.4 Å². The number of ether oxygens (including phenoxy) is 1. The number of aromatic nitrogens is 3. The number of alkyl halides is 1. The van der Waals surface area contributed by atoms with Crippen molar-refractivity contribution in [3.05, 3.63) is 60.8 Å². The van der Waals surface area contributed by atoms with Gasteiger partial charge in [-0.15, -0.1) is 10.2 Å². The summed E-state index contributed by atoms with van der Waals surface area (Å²) >= 11 is 0. The molecule has 4 atom stereocenters. The fraction of sp³-hybridized carbons (Fsp3) is 0.292. The Morgan fingerprint density at radius 2 is 1.94 bits per heavy atom. The number of anilines is 1. The molecule has 2 aromatic heterocycles. The summed E-state index contributed by atoms with van der Waals surface area (Å²) in [5, 5.41) is 22.5. The van der Waals surface area contributed by atoms with Crippen LogP contribution < -0.4 is 15.0 Å². The molecule has 2 bridgehead atoms. The zero-order chi connectivity index (χ0) is 22.2. The molecule has 4 heterocycles. The van der Waals surface area contributed by atoms with Gasteiger partial charge in [0.2, 0.25) is 5.88 Å². The summed E-state index contributed by atoms with van der Waals surface area (Å²) in [7, 11) is 3.41. The smallest absolute Gasteiger partial charge is 0.213 e. The van der Waals surface area contributed by atoms with Crippen molar-refractivity contribution in [2.75, 3.05) is 19.1 Å². The summed E-state index contributed by atoms with van der Waals surface area (Å²) < 4.78 is 20.0. The lowest BCUT2D eigenvalue weighted by molar-refractivity contribution is 0.187. The number of benzene rings is 1. The van der Waals surface area contributed by atoms with Crippen LogP contribution in [0.15, 0.2) is 60.8 Å². The molecule has 2 N–H and O–H groups in total. The number of pyridine rings is 1. The van der Waals surface area contributed by atoms with Gasteiger partial charge in [0.05, 0.1) is 24.9 Å². The number of hydrogen-bond donors (Lipinski definition) is 2. The first-order chi connectivity index (χ1) is 15.5. The van der Waals surface area contributed by atoms with E-state index < -0.39 is 6.17 Å². The standard InChI is InChI=1S/C24H24FN5O2/c1-30(20-13-16-4-6-19(27-16)24(20)25)22-8-7-18(28-29-22)17-5-3-14(11-21(17)31)15-9-10-26-23(12-15)32-2/h3-12,16,19-20,24,27,31H,13H2,1-2H3/t16?,19?,20-,24+/m1/s1. The van der Waals surface area contributed by atoms with E-state index in [0.717, 1.165) is 11.1 Å². The molecule has 0 saturated carbocycles. The van der Waals surface area contributed by atoms with Crippen LogP contribution in [0.2, 0.25) is 0 Å². The highest BCUT2D eigenvalue weighted by Crippen LogP contribution is 2.34. The average Bonchev–Trinajstić information content (AvgIpc) is 3.24. The predicted molar refractivity (Wildman–Crippen MR) is 120 cm³/mol. The number of rotatable bonds is 5. The maximum Gasteiger partial charge on any atom is 0.213 e. The van der Waals surface area contributed by atoms with Crippen LogP contribution in [0.3, 0.4) is 0 Å². The van der Waals surface area contributed by atoms with E-state index in [1.54, 1.807) is 37.6 Å². The number of phenols is 1. The Morgan fingerprint density at radius 3 is 2.69 bits per heavy atom. The molecule has 1 fully saturated rings. The number of hydrogen-bond acceptors (Lipinski definition) is 7. The first-order valence-corrected chi connectivity index (χ1v) is 10.5. The van der Waals surface area contributed by atoms with E-state index in [2.05, 4.69) is 20.5 Å². The molecule has 0 aliphatic carbocycles. The molecule has 164 valence electrons. The zero-order valence-corrected chi connectivity index (χ0v) is 17.8. The maximum atomic E-state index is 14.8. The third-order valence-corrected chi connectivity index (χ3v) is 6.22. The van der Waals surface area contributed by atoms with Gasteiger partial charge in [0.1, 0.15) is 11.9 Å². The van der Waals surface area contributed by atoms with Crippen molar-refractivity contribution in [1.29, 1.82) is 0 Å². The molecule has 2 unspecified atom stereocenters. The van der Waals surface area contributed by atoms with Crippen LogP contribution in [0.5, 0.6) is 11.6 Å². The van der Waals surface area contributed by atoms with Crippen molar-refractivity contribution in [3.63, 3.8) is 0 Å². The monoisotopic (exact) mass is 433 g/mol. The van der Waals surface area contributed by atoms with E-state index in [-0.39, 0.29) is 23.9 Å². The molecule has 0 radical (unpaired) electrons. The van der Waals surface area contributed by atoms with Gasteiger partial charge in [-0.25, -0.2) is 9.37 Å². The molecule has 0 amide bonds. The first-order valence-electron chi connectivity index (χ1n) is 10.5. The average molecular weight is 433 g/mol. The van der Waals surface area contributed by atoms with Crippen LogP contribution >= 0.6 is 0 Å². The third-order valence-electron chi connectivity index (χ3n) is 6.22. The predicted octanol–water partition coefficient (Wildman–Crippen LogP) is 3.36. The van der Waals surface area contributed by atoms with Gasteiger partial charge < -0.3 is 20.1 Å². The number of aromatic hydroxyl groups is 1. The van der Waals surface area contributed by atoms with E-state index in [4.69, 9.17) is 4.74 Å². The molecular formula is C24H24FN5O2. The Morgan fingerprint density at radius 1 is 1.09 bits per heavy atom. The number of nitrogens with one attached hydrogen (secondary N) is 1. The highest BCUT2D eigenvalue weighted by molar-refractivity contribution is 5.74. The van der Waals surface area contributed by atoms with Crippen molar-refractivity contribution >= 4 is 5.82 Å². The van der Waals surface area contributed by atoms with Crippen molar-refractivity contribution in [1.82, 2.24) is 20.5 Å². The summed E-state index contributed by atoms with van der Waals surface area (Å²) in [5.41, 5.74) is 2.83.